The molecule has 0 aliphatic heterocycles. The highest BCUT2D eigenvalue weighted by Gasteiger charge is 2.32. The van der Waals surface area contributed by atoms with E-state index in [-0.39, 0.29) is 18.3 Å². The maximum absolute atomic E-state index is 13.0. The molecular weight excluding hydrogens is 416 g/mol. The fourth-order valence-corrected chi connectivity index (χ4v) is 3.04. The van der Waals surface area contributed by atoms with Gasteiger partial charge in [-0.1, -0.05) is 34.1 Å². The van der Waals surface area contributed by atoms with Crippen molar-refractivity contribution in [2.45, 2.75) is 78.0 Å². The van der Waals surface area contributed by atoms with Crippen molar-refractivity contribution >= 4 is 23.7 Å². The van der Waals surface area contributed by atoms with Crippen molar-refractivity contribution in [3.05, 3.63) is 18.2 Å². The Morgan fingerprint density at radius 1 is 1.03 bits per heavy atom. The normalized spacial score (nSPS) is 15.8. The number of imidazole rings is 1. The Morgan fingerprint density at radius 3 is 2.12 bits per heavy atom. The Kier molecular flexibility index (Phi) is 10.8. The molecule has 0 spiro atoms. The standard InChI is InChI=1S/C21H36N6O5/c1-6-12(4)17(27-18(28)13(5)22)20(30)25-15(7-11(2)3)19(29)26-16(21(31)32)8-14-9-23-10-24-14/h9-13,15-17H,6-8,22H2,1-5H3,(H,23,24)(H,25,30)(H,26,29)(H,27,28)(H,31,32). The first kappa shape index (κ1) is 27.1. The van der Waals surface area contributed by atoms with Crippen molar-refractivity contribution in [3.63, 3.8) is 0 Å². The smallest absolute Gasteiger partial charge is 0.326 e. The van der Waals surface area contributed by atoms with Gasteiger partial charge in [-0.25, -0.2) is 9.78 Å². The zero-order valence-corrected chi connectivity index (χ0v) is 19.3. The summed E-state index contributed by atoms with van der Waals surface area (Å²) in [5.74, 6) is -2.96. The molecule has 0 aliphatic rings. The molecule has 1 aromatic rings. The van der Waals surface area contributed by atoms with Crippen molar-refractivity contribution in [2.75, 3.05) is 0 Å². The maximum Gasteiger partial charge on any atom is 0.326 e. The Balaban J connectivity index is 2.98. The third kappa shape index (κ3) is 8.66. The molecule has 1 aromatic heterocycles. The minimum absolute atomic E-state index is 0.0172. The topological polar surface area (TPSA) is 179 Å². The molecule has 0 aliphatic carbocycles. The maximum atomic E-state index is 13.0. The molecule has 5 atom stereocenters. The van der Waals surface area contributed by atoms with Crippen molar-refractivity contribution in [2.24, 2.45) is 17.6 Å². The van der Waals surface area contributed by atoms with Gasteiger partial charge in [0.1, 0.15) is 18.1 Å². The highest BCUT2D eigenvalue weighted by molar-refractivity contribution is 5.94. The highest BCUT2D eigenvalue weighted by Crippen LogP contribution is 2.11. The van der Waals surface area contributed by atoms with E-state index in [1.165, 1.54) is 19.4 Å². The predicted molar refractivity (Wildman–Crippen MR) is 118 cm³/mol. The van der Waals surface area contributed by atoms with Crippen LogP contribution < -0.4 is 21.7 Å². The van der Waals surface area contributed by atoms with Gasteiger partial charge in [-0.2, -0.15) is 0 Å². The number of aromatic amines is 1. The van der Waals surface area contributed by atoms with Crippen LogP contribution in [0, 0.1) is 11.8 Å². The van der Waals surface area contributed by atoms with Crippen molar-refractivity contribution < 1.29 is 24.3 Å². The second-order valence-corrected chi connectivity index (χ2v) is 8.53. The summed E-state index contributed by atoms with van der Waals surface area (Å²) in [5.41, 5.74) is 6.16. The predicted octanol–water partition coefficient (Wildman–Crippen LogP) is -0.0694. The van der Waals surface area contributed by atoms with E-state index in [0.29, 0.717) is 18.5 Å². The van der Waals surface area contributed by atoms with E-state index in [2.05, 4.69) is 25.9 Å². The highest BCUT2D eigenvalue weighted by atomic mass is 16.4. The summed E-state index contributed by atoms with van der Waals surface area (Å²) in [7, 11) is 0. The lowest BCUT2D eigenvalue weighted by Crippen LogP contribution is -2.58. The van der Waals surface area contributed by atoms with Crippen LogP contribution in [0.3, 0.4) is 0 Å². The van der Waals surface area contributed by atoms with E-state index in [0.717, 1.165) is 0 Å². The third-order valence-electron chi connectivity index (χ3n) is 5.14. The van der Waals surface area contributed by atoms with Crippen LogP contribution in [0.2, 0.25) is 0 Å². The van der Waals surface area contributed by atoms with E-state index in [1.54, 1.807) is 0 Å². The molecule has 32 heavy (non-hydrogen) atoms. The molecule has 0 aromatic carbocycles. The van der Waals surface area contributed by atoms with E-state index in [9.17, 15) is 24.3 Å². The lowest BCUT2D eigenvalue weighted by atomic mass is 9.96. The number of carboxylic acid groups (broad SMARTS) is 1. The Labute approximate surface area is 188 Å². The van der Waals surface area contributed by atoms with Crippen LogP contribution >= 0.6 is 0 Å². The van der Waals surface area contributed by atoms with Gasteiger partial charge in [0.2, 0.25) is 17.7 Å². The quantitative estimate of drug-likeness (QED) is 0.242. The molecular formula is C21H36N6O5. The number of aromatic nitrogens is 2. The average Bonchev–Trinajstić information content (AvgIpc) is 3.22. The molecule has 11 nitrogen and oxygen atoms in total. The molecule has 0 saturated heterocycles. The number of carbonyl (C=O) groups is 4. The average molecular weight is 453 g/mol. The molecule has 3 amide bonds. The Bertz CT molecular complexity index is 765. The second-order valence-electron chi connectivity index (χ2n) is 8.53. The number of hydrogen-bond donors (Lipinski definition) is 6. The number of rotatable bonds is 13. The number of nitrogens with zero attached hydrogens (tertiary/aromatic N) is 1. The first-order valence-corrected chi connectivity index (χ1v) is 10.8. The molecule has 0 bridgehead atoms. The summed E-state index contributed by atoms with van der Waals surface area (Å²) in [6, 6.07) is -3.83. The van der Waals surface area contributed by atoms with Gasteiger partial charge < -0.3 is 31.8 Å². The fourth-order valence-electron chi connectivity index (χ4n) is 3.04. The lowest BCUT2D eigenvalue weighted by molar-refractivity contribution is -0.142. The first-order chi connectivity index (χ1) is 15.0. The van der Waals surface area contributed by atoms with Crippen LogP contribution in [-0.2, 0) is 25.6 Å². The van der Waals surface area contributed by atoms with E-state index in [1.807, 2.05) is 27.7 Å². The molecule has 7 N–H and O–H groups in total. The minimum atomic E-state index is -1.20. The van der Waals surface area contributed by atoms with E-state index in [4.69, 9.17) is 5.73 Å². The summed E-state index contributed by atoms with van der Waals surface area (Å²) < 4.78 is 0. The van der Waals surface area contributed by atoms with Crippen LogP contribution in [-0.4, -0.2) is 62.9 Å². The number of carboxylic acids is 1. The van der Waals surface area contributed by atoms with Crippen molar-refractivity contribution in [3.8, 4) is 0 Å². The van der Waals surface area contributed by atoms with Crippen LogP contribution in [0.5, 0.6) is 0 Å². The molecule has 1 rings (SSSR count). The SMILES string of the molecule is CCC(C)C(NC(=O)C(C)N)C(=O)NC(CC(C)C)C(=O)NC(Cc1cnc[nH]1)C(=O)O. The lowest BCUT2D eigenvalue weighted by Gasteiger charge is -2.28. The monoisotopic (exact) mass is 452 g/mol. The summed E-state index contributed by atoms with van der Waals surface area (Å²) in [5, 5.41) is 17.3. The summed E-state index contributed by atoms with van der Waals surface area (Å²) in [6.45, 7) is 8.98. The zero-order valence-electron chi connectivity index (χ0n) is 19.3. The number of carbonyl (C=O) groups excluding carboxylic acids is 3. The van der Waals surface area contributed by atoms with Crippen LogP contribution in [0.1, 0.15) is 53.2 Å². The Hall–Kier alpha value is -2.95. The minimum Gasteiger partial charge on any atom is -0.480 e. The van der Waals surface area contributed by atoms with Gasteiger partial charge in [0.05, 0.1) is 12.4 Å². The zero-order chi connectivity index (χ0) is 24.4. The second kappa shape index (κ2) is 12.8. The van der Waals surface area contributed by atoms with Gasteiger partial charge in [0.25, 0.3) is 0 Å². The molecule has 0 fully saturated rings. The van der Waals surface area contributed by atoms with Gasteiger partial charge in [-0.05, 0) is 25.2 Å². The Morgan fingerprint density at radius 2 is 1.66 bits per heavy atom. The van der Waals surface area contributed by atoms with Gasteiger partial charge >= 0.3 is 5.97 Å². The summed E-state index contributed by atoms with van der Waals surface area (Å²) >= 11 is 0. The molecule has 0 radical (unpaired) electrons. The first-order valence-electron chi connectivity index (χ1n) is 10.8. The van der Waals surface area contributed by atoms with E-state index < -0.39 is 47.9 Å². The fraction of sp³-hybridized carbons (Fsp3) is 0.667. The van der Waals surface area contributed by atoms with Crippen molar-refractivity contribution in [1.82, 2.24) is 25.9 Å². The molecule has 0 saturated carbocycles. The number of amides is 3. The summed E-state index contributed by atoms with van der Waals surface area (Å²) in [6.07, 6.45) is 3.83. The summed E-state index contributed by atoms with van der Waals surface area (Å²) in [4.78, 5) is 56.3. The number of hydrogen-bond acceptors (Lipinski definition) is 6. The largest absolute Gasteiger partial charge is 0.480 e. The molecule has 180 valence electrons. The van der Waals surface area contributed by atoms with Gasteiger partial charge in [-0.3, -0.25) is 14.4 Å². The number of aliphatic carboxylic acids is 1. The van der Waals surface area contributed by atoms with Gasteiger partial charge in [-0.15, -0.1) is 0 Å². The van der Waals surface area contributed by atoms with E-state index >= 15 is 0 Å². The van der Waals surface area contributed by atoms with Crippen LogP contribution in [0.15, 0.2) is 12.5 Å². The van der Waals surface area contributed by atoms with Gasteiger partial charge in [0, 0.05) is 18.3 Å². The number of nitrogens with two attached hydrogens (primary N) is 1. The van der Waals surface area contributed by atoms with Crippen LogP contribution in [0.4, 0.5) is 0 Å². The molecule has 5 unspecified atom stereocenters. The van der Waals surface area contributed by atoms with Crippen molar-refractivity contribution in [1.29, 1.82) is 0 Å². The molecule has 1 heterocycles. The van der Waals surface area contributed by atoms with Gasteiger partial charge in [0.15, 0.2) is 0 Å². The third-order valence-corrected chi connectivity index (χ3v) is 5.14. The number of H-pyrrole nitrogens is 1. The van der Waals surface area contributed by atoms with Crippen LogP contribution in [0.25, 0.3) is 0 Å². The molecule has 11 heteroatoms. The number of nitrogens with one attached hydrogen (secondary N) is 4.